The quantitative estimate of drug-likeness (QED) is 0.664. The van der Waals surface area contributed by atoms with Gasteiger partial charge in [0, 0.05) is 23.8 Å². The van der Waals surface area contributed by atoms with Gasteiger partial charge in [0.1, 0.15) is 11.4 Å². The van der Waals surface area contributed by atoms with Gasteiger partial charge in [-0.05, 0) is 62.9 Å². The van der Waals surface area contributed by atoms with E-state index in [-0.39, 0.29) is 17.9 Å². The first kappa shape index (κ1) is 21.9. The maximum Gasteiger partial charge on any atom is 0.355 e. The Hall–Kier alpha value is -2.76. The molecule has 1 saturated carbocycles. The van der Waals surface area contributed by atoms with Crippen molar-refractivity contribution in [2.45, 2.75) is 65.5 Å². The number of amides is 1. The highest BCUT2D eigenvalue weighted by Crippen LogP contribution is 2.29. The van der Waals surface area contributed by atoms with Gasteiger partial charge in [-0.25, -0.2) is 4.79 Å². The van der Waals surface area contributed by atoms with Gasteiger partial charge in [-0.15, -0.1) is 0 Å². The average molecular weight is 413 g/mol. The summed E-state index contributed by atoms with van der Waals surface area (Å²) in [5.74, 6) is 0.314. The molecule has 1 fully saturated rings. The zero-order chi connectivity index (χ0) is 21.7. The van der Waals surface area contributed by atoms with E-state index in [0.717, 1.165) is 42.5 Å². The first-order chi connectivity index (χ1) is 14.5. The molecule has 1 N–H and O–H groups in total. The molecule has 0 unspecified atom stereocenters. The molecule has 1 aromatic heterocycles. The van der Waals surface area contributed by atoms with Crippen molar-refractivity contribution < 1.29 is 19.1 Å². The number of esters is 1. The zero-order valence-corrected chi connectivity index (χ0v) is 18.4. The third kappa shape index (κ3) is 4.69. The molecule has 1 heterocycles. The van der Waals surface area contributed by atoms with Crippen molar-refractivity contribution in [3.05, 3.63) is 52.3 Å². The molecule has 0 saturated heterocycles. The lowest BCUT2D eigenvalue weighted by atomic mass is 9.93. The van der Waals surface area contributed by atoms with Crippen LogP contribution in [0.4, 0.5) is 0 Å². The monoisotopic (exact) mass is 412 g/mol. The second-order valence-corrected chi connectivity index (χ2v) is 7.91. The van der Waals surface area contributed by atoms with Gasteiger partial charge in [-0.3, -0.25) is 4.79 Å². The number of carbonyl (C=O) groups excluding carboxylic acids is 2. The summed E-state index contributed by atoms with van der Waals surface area (Å²) in [6, 6.07) is 7.50. The van der Waals surface area contributed by atoms with Crippen molar-refractivity contribution in [2.24, 2.45) is 0 Å². The van der Waals surface area contributed by atoms with Crippen molar-refractivity contribution >= 4 is 11.9 Å². The Labute approximate surface area is 178 Å². The van der Waals surface area contributed by atoms with E-state index >= 15 is 0 Å². The largest absolute Gasteiger partial charge is 0.497 e. The molecule has 30 heavy (non-hydrogen) atoms. The molecule has 162 valence electrons. The van der Waals surface area contributed by atoms with Crippen LogP contribution in [0.5, 0.6) is 5.75 Å². The summed E-state index contributed by atoms with van der Waals surface area (Å²) in [5.41, 5.74) is 3.83. The highest BCUT2D eigenvalue weighted by molar-refractivity contribution is 5.95. The van der Waals surface area contributed by atoms with Crippen molar-refractivity contribution in [3.63, 3.8) is 0 Å². The van der Waals surface area contributed by atoms with Crippen LogP contribution >= 0.6 is 0 Å². The Balaban J connectivity index is 1.94. The molecule has 1 amide bonds. The highest BCUT2D eigenvalue weighted by atomic mass is 16.5. The first-order valence-corrected chi connectivity index (χ1v) is 10.8. The molecule has 0 atom stereocenters. The van der Waals surface area contributed by atoms with Crippen LogP contribution in [-0.4, -0.2) is 41.5 Å². The van der Waals surface area contributed by atoms with E-state index in [1.165, 1.54) is 6.42 Å². The fourth-order valence-corrected chi connectivity index (χ4v) is 4.29. The van der Waals surface area contributed by atoms with Gasteiger partial charge < -0.3 is 19.4 Å². The number of aromatic amines is 1. The Morgan fingerprint density at radius 2 is 1.90 bits per heavy atom. The number of carbonyl (C=O) groups is 2. The summed E-state index contributed by atoms with van der Waals surface area (Å²) in [6.07, 6.45) is 5.48. The fourth-order valence-electron chi connectivity index (χ4n) is 4.29. The molecule has 1 aromatic carbocycles. The molecule has 6 heteroatoms. The molecule has 1 aliphatic carbocycles. The van der Waals surface area contributed by atoms with Gasteiger partial charge in [0.15, 0.2) is 0 Å². The molecular weight excluding hydrogens is 380 g/mol. The summed E-state index contributed by atoms with van der Waals surface area (Å²) >= 11 is 0. The molecule has 1 aliphatic rings. The molecule has 3 rings (SSSR count). The van der Waals surface area contributed by atoms with Crippen LogP contribution in [0.15, 0.2) is 24.3 Å². The summed E-state index contributed by atoms with van der Waals surface area (Å²) in [4.78, 5) is 31.0. The van der Waals surface area contributed by atoms with Crippen LogP contribution in [0.2, 0.25) is 0 Å². The molecule has 6 nitrogen and oxygen atoms in total. The number of hydrogen-bond acceptors (Lipinski definition) is 4. The number of ether oxygens (including phenoxy) is 2. The minimum absolute atomic E-state index is 0.00140. The summed E-state index contributed by atoms with van der Waals surface area (Å²) in [5, 5.41) is 0. The van der Waals surface area contributed by atoms with Crippen molar-refractivity contribution in [2.75, 3.05) is 13.7 Å². The summed E-state index contributed by atoms with van der Waals surface area (Å²) < 4.78 is 10.5. The van der Waals surface area contributed by atoms with Crippen LogP contribution in [0.1, 0.15) is 76.7 Å². The predicted molar refractivity (Wildman–Crippen MR) is 116 cm³/mol. The van der Waals surface area contributed by atoms with E-state index in [1.807, 2.05) is 36.9 Å². The lowest BCUT2D eigenvalue weighted by Gasteiger charge is -2.35. The Morgan fingerprint density at radius 1 is 1.17 bits per heavy atom. The summed E-state index contributed by atoms with van der Waals surface area (Å²) in [7, 11) is 1.60. The van der Waals surface area contributed by atoms with Gasteiger partial charge in [0.05, 0.1) is 13.7 Å². The average Bonchev–Trinajstić information content (AvgIpc) is 3.05. The van der Waals surface area contributed by atoms with E-state index in [1.54, 1.807) is 20.1 Å². The van der Waals surface area contributed by atoms with Crippen molar-refractivity contribution in [1.29, 1.82) is 0 Å². The van der Waals surface area contributed by atoms with Gasteiger partial charge in [-0.1, -0.05) is 25.3 Å². The van der Waals surface area contributed by atoms with Crippen LogP contribution in [-0.2, 0) is 11.3 Å². The zero-order valence-electron chi connectivity index (χ0n) is 18.4. The second-order valence-electron chi connectivity index (χ2n) is 7.91. The number of H-pyrrole nitrogens is 1. The van der Waals surface area contributed by atoms with Crippen LogP contribution in [0.3, 0.4) is 0 Å². The van der Waals surface area contributed by atoms with E-state index in [9.17, 15) is 9.59 Å². The van der Waals surface area contributed by atoms with E-state index in [4.69, 9.17) is 9.47 Å². The number of benzene rings is 1. The molecule has 0 bridgehead atoms. The van der Waals surface area contributed by atoms with Gasteiger partial charge in [-0.2, -0.15) is 0 Å². The SMILES string of the molecule is CCOC(=O)c1[nH]c(C)c(CN(C(=O)c2cccc(OC)c2)C2CCCCC2)c1C. The lowest BCUT2D eigenvalue weighted by Crippen LogP contribution is -2.41. The minimum Gasteiger partial charge on any atom is -0.497 e. The molecule has 0 spiro atoms. The number of nitrogens with zero attached hydrogens (tertiary/aromatic N) is 1. The van der Waals surface area contributed by atoms with E-state index < -0.39 is 0 Å². The van der Waals surface area contributed by atoms with Gasteiger partial charge in [0.25, 0.3) is 5.91 Å². The number of nitrogens with one attached hydrogen (secondary N) is 1. The smallest absolute Gasteiger partial charge is 0.355 e. The lowest BCUT2D eigenvalue weighted by molar-refractivity contribution is 0.0519. The third-order valence-electron chi connectivity index (χ3n) is 5.99. The van der Waals surface area contributed by atoms with Gasteiger partial charge in [0.2, 0.25) is 0 Å². The highest BCUT2D eigenvalue weighted by Gasteiger charge is 2.29. The van der Waals surface area contributed by atoms with E-state index in [0.29, 0.717) is 30.2 Å². The van der Waals surface area contributed by atoms with Crippen molar-refractivity contribution in [1.82, 2.24) is 9.88 Å². The van der Waals surface area contributed by atoms with Gasteiger partial charge >= 0.3 is 5.97 Å². The van der Waals surface area contributed by atoms with E-state index in [2.05, 4.69) is 4.98 Å². The Kier molecular flexibility index (Phi) is 7.19. The standard InChI is InChI=1S/C24H32N2O4/c1-5-30-24(28)22-16(2)21(17(3)25-22)15-26(19-11-7-6-8-12-19)23(27)18-10-9-13-20(14-18)29-4/h9-10,13-14,19,25H,5-8,11-12,15H2,1-4H3. The first-order valence-electron chi connectivity index (χ1n) is 10.8. The number of aryl methyl sites for hydroxylation is 1. The maximum absolute atomic E-state index is 13.6. The fraction of sp³-hybridized carbons (Fsp3) is 0.500. The number of methoxy groups -OCH3 is 1. The second kappa shape index (κ2) is 9.83. The predicted octanol–water partition coefficient (Wildman–Crippen LogP) is 4.79. The number of aromatic nitrogens is 1. The van der Waals surface area contributed by atoms with Crippen LogP contribution in [0, 0.1) is 13.8 Å². The molecule has 2 aromatic rings. The van der Waals surface area contributed by atoms with Crippen molar-refractivity contribution in [3.8, 4) is 5.75 Å². The van der Waals surface area contributed by atoms with Crippen LogP contribution in [0.25, 0.3) is 0 Å². The Bertz CT molecular complexity index is 897. The number of rotatable bonds is 7. The topological polar surface area (TPSA) is 71.6 Å². The minimum atomic E-state index is -0.354. The maximum atomic E-state index is 13.6. The molecule has 0 aliphatic heterocycles. The molecular formula is C24H32N2O4. The summed E-state index contributed by atoms with van der Waals surface area (Å²) in [6.45, 7) is 6.45. The normalized spacial score (nSPS) is 14.4. The molecule has 0 radical (unpaired) electrons. The number of hydrogen-bond donors (Lipinski definition) is 1. The van der Waals surface area contributed by atoms with Crippen LogP contribution < -0.4 is 4.74 Å². The Morgan fingerprint density at radius 3 is 2.57 bits per heavy atom. The third-order valence-corrected chi connectivity index (χ3v) is 5.99.